The molecule has 0 spiro atoms. The number of hydrogen-bond donors (Lipinski definition) is 0. The molecule has 0 amide bonds. The highest BCUT2D eigenvalue weighted by Crippen LogP contribution is 2.60. The van der Waals surface area contributed by atoms with Gasteiger partial charge in [0.05, 0.1) is 26.4 Å². The van der Waals surface area contributed by atoms with Crippen molar-refractivity contribution in [2.45, 2.75) is 92.2 Å². The lowest BCUT2D eigenvalue weighted by atomic mass is 9.93. The Morgan fingerprint density at radius 1 is 0.903 bits per heavy atom. The second kappa shape index (κ2) is 12.8. The Bertz CT molecular complexity index is 699. The maximum atomic E-state index is 13.9. The Morgan fingerprint density at radius 2 is 1.48 bits per heavy atom. The fraction of sp³-hybridized carbons (Fsp3) is 0.826. The zero-order valence-corrected chi connectivity index (χ0v) is 21.1. The first-order chi connectivity index (χ1) is 14.9. The smallest absolute Gasteiger partial charge is 0.357 e. The Balaban J connectivity index is 2.49. The van der Waals surface area contributed by atoms with E-state index in [-0.39, 0.29) is 12.0 Å². The minimum atomic E-state index is -3.42. The van der Waals surface area contributed by atoms with Crippen LogP contribution in [-0.2, 0) is 23.1 Å². The van der Waals surface area contributed by atoms with Gasteiger partial charge in [0.15, 0.2) is 0 Å². The molecule has 0 radical (unpaired) electrons. The van der Waals surface area contributed by atoms with Gasteiger partial charge in [-0.1, -0.05) is 25.8 Å². The molecule has 1 aliphatic carbocycles. The first-order valence-corrected chi connectivity index (χ1v) is 13.5. The first-order valence-electron chi connectivity index (χ1n) is 11.9. The van der Waals surface area contributed by atoms with Gasteiger partial charge < -0.3 is 18.5 Å². The zero-order chi connectivity index (χ0) is 22.9. The first kappa shape index (κ1) is 26.1. The fourth-order valence-corrected chi connectivity index (χ4v) is 6.19. The number of aliphatic imine (C=N–C) groups is 2. The Kier molecular flexibility index (Phi) is 10.7. The lowest BCUT2D eigenvalue weighted by molar-refractivity contribution is 0.224. The molecule has 1 saturated carbocycles. The topological polar surface area (TPSA) is 78.7 Å². The summed E-state index contributed by atoms with van der Waals surface area (Å²) >= 11 is 0. The molecule has 0 N–H and O–H groups in total. The molecule has 0 bridgehead atoms. The summed E-state index contributed by atoms with van der Waals surface area (Å²) in [5.41, 5.74) is 1.19. The summed E-state index contributed by atoms with van der Waals surface area (Å²) in [6.45, 7) is 13.5. The molecule has 1 aliphatic heterocycles. The molecule has 2 atom stereocenters. The van der Waals surface area contributed by atoms with Gasteiger partial charge in [-0.2, -0.15) is 0 Å². The van der Waals surface area contributed by atoms with Crippen LogP contribution in [0.1, 0.15) is 80.1 Å². The van der Waals surface area contributed by atoms with Gasteiger partial charge in [-0.15, -0.1) is 0 Å². The molecule has 178 valence electrons. The van der Waals surface area contributed by atoms with Gasteiger partial charge in [0.25, 0.3) is 0 Å². The van der Waals surface area contributed by atoms with E-state index < -0.39 is 13.6 Å². The summed E-state index contributed by atoms with van der Waals surface area (Å²) in [5, 5.41) is 0.760. The highest BCUT2D eigenvalue weighted by molar-refractivity contribution is 7.58. The van der Waals surface area contributed by atoms with Crippen LogP contribution < -0.4 is 0 Å². The third-order valence-corrected chi connectivity index (χ3v) is 7.84. The van der Waals surface area contributed by atoms with Gasteiger partial charge in [0.1, 0.15) is 12.1 Å². The summed E-state index contributed by atoms with van der Waals surface area (Å²) < 4.78 is 37.2. The molecule has 31 heavy (non-hydrogen) atoms. The minimum absolute atomic E-state index is 0.172. The van der Waals surface area contributed by atoms with E-state index in [4.69, 9.17) is 28.5 Å². The third kappa shape index (κ3) is 6.90. The zero-order valence-electron chi connectivity index (χ0n) is 20.2. The predicted molar refractivity (Wildman–Crippen MR) is 126 cm³/mol. The Labute approximate surface area is 188 Å². The van der Waals surface area contributed by atoms with E-state index in [2.05, 4.69) is 13.8 Å². The van der Waals surface area contributed by atoms with E-state index in [0.29, 0.717) is 44.6 Å². The molecule has 8 heteroatoms. The van der Waals surface area contributed by atoms with E-state index in [1.54, 1.807) is 0 Å². The molecule has 0 unspecified atom stereocenters. The van der Waals surface area contributed by atoms with Crippen LogP contribution in [0.2, 0.25) is 0 Å². The van der Waals surface area contributed by atoms with Crippen LogP contribution in [0.5, 0.6) is 0 Å². The Hall–Kier alpha value is -1.17. The maximum Gasteiger partial charge on any atom is 0.357 e. The number of nitrogens with zero attached hydrogens (tertiary/aromatic N) is 2. The van der Waals surface area contributed by atoms with Gasteiger partial charge in [-0.05, 0) is 59.3 Å². The molecular weight excluding hydrogens is 415 g/mol. The lowest BCUT2D eigenvalue weighted by Crippen LogP contribution is -2.38. The molecule has 2 aliphatic rings. The number of rotatable bonds is 10. The van der Waals surface area contributed by atoms with Crippen molar-refractivity contribution in [3.05, 3.63) is 10.9 Å². The summed E-state index contributed by atoms with van der Waals surface area (Å²) in [6.07, 6.45) is 5.64. The second-order valence-corrected chi connectivity index (χ2v) is 10.2. The molecular formula is C23H41N2O5P. The van der Waals surface area contributed by atoms with Gasteiger partial charge in [-0.3, -0.25) is 4.57 Å². The number of allylic oxidation sites excluding steroid dienone is 1. The highest BCUT2D eigenvalue weighted by atomic mass is 31.2. The second-order valence-electron chi connectivity index (χ2n) is 8.15. The average Bonchev–Trinajstić information content (AvgIpc) is 2.74. The summed E-state index contributed by atoms with van der Waals surface area (Å²) in [5.74, 6) is 1.44. The van der Waals surface area contributed by atoms with Crippen molar-refractivity contribution < 1.29 is 23.1 Å². The lowest BCUT2D eigenvalue weighted by Gasteiger charge is -2.31. The summed E-state index contributed by atoms with van der Waals surface area (Å²) in [6, 6.07) is -0.565. The van der Waals surface area contributed by atoms with Crippen molar-refractivity contribution in [1.29, 1.82) is 0 Å². The number of hydrogen-bond acceptors (Lipinski definition) is 7. The normalized spacial score (nSPS) is 22.2. The molecule has 0 aromatic rings. The van der Waals surface area contributed by atoms with E-state index in [1.807, 2.05) is 27.7 Å². The van der Waals surface area contributed by atoms with Crippen LogP contribution in [0.25, 0.3) is 0 Å². The molecule has 2 rings (SSSR count). The van der Waals surface area contributed by atoms with E-state index in [9.17, 15) is 4.57 Å². The van der Waals surface area contributed by atoms with E-state index in [1.165, 1.54) is 12.0 Å². The summed E-state index contributed by atoms with van der Waals surface area (Å²) in [7, 11) is -3.42. The average molecular weight is 457 g/mol. The largest absolute Gasteiger partial charge is 0.480 e. The van der Waals surface area contributed by atoms with Crippen molar-refractivity contribution in [1.82, 2.24) is 0 Å². The van der Waals surface area contributed by atoms with Gasteiger partial charge in [-0.25, -0.2) is 9.98 Å². The van der Waals surface area contributed by atoms with E-state index in [0.717, 1.165) is 31.0 Å². The molecule has 1 fully saturated rings. The SMILES string of the molecule is CCOC1=N[C@H](C(C)C)C(OCC)=N[C@H]1CC(=C1CCCCC1)P(=O)(OCC)OCC. The monoisotopic (exact) mass is 456 g/mol. The fourth-order valence-electron chi connectivity index (χ4n) is 4.12. The van der Waals surface area contributed by atoms with Crippen LogP contribution >= 0.6 is 7.60 Å². The van der Waals surface area contributed by atoms with Crippen molar-refractivity contribution in [3.63, 3.8) is 0 Å². The third-order valence-electron chi connectivity index (χ3n) is 5.48. The van der Waals surface area contributed by atoms with Crippen LogP contribution in [-0.4, -0.2) is 50.3 Å². The highest BCUT2D eigenvalue weighted by Gasteiger charge is 2.38. The molecule has 1 heterocycles. The molecule has 0 aromatic carbocycles. The predicted octanol–water partition coefficient (Wildman–Crippen LogP) is 6.14. The van der Waals surface area contributed by atoms with Crippen molar-refractivity contribution in [2.24, 2.45) is 15.9 Å². The van der Waals surface area contributed by atoms with Crippen molar-refractivity contribution in [3.8, 4) is 0 Å². The van der Waals surface area contributed by atoms with Crippen molar-refractivity contribution >= 4 is 19.4 Å². The van der Waals surface area contributed by atoms with E-state index >= 15 is 0 Å². The minimum Gasteiger partial charge on any atom is -0.480 e. The van der Waals surface area contributed by atoms with Crippen LogP contribution in [0.3, 0.4) is 0 Å². The van der Waals surface area contributed by atoms with Gasteiger partial charge in [0, 0.05) is 11.7 Å². The molecule has 7 nitrogen and oxygen atoms in total. The Morgan fingerprint density at radius 3 is 2.00 bits per heavy atom. The quantitative estimate of drug-likeness (QED) is 0.369. The van der Waals surface area contributed by atoms with Gasteiger partial charge in [0.2, 0.25) is 11.8 Å². The molecule has 0 aromatic heterocycles. The van der Waals surface area contributed by atoms with Gasteiger partial charge >= 0.3 is 7.60 Å². The number of ether oxygens (including phenoxy) is 2. The molecule has 0 saturated heterocycles. The summed E-state index contributed by atoms with van der Waals surface area (Å²) in [4.78, 5) is 9.78. The van der Waals surface area contributed by atoms with Crippen LogP contribution in [0, 0.1) is 5.92 Å². The van der Waals surface area contributed by atoms with Crippen molar-refractivity contribution in [2.75, 3.05) is 26.4 Å². The maximum absolute atomic E-state index is 13.9. The standard InChI is InChI=1S/C23H41N2O5P/c1-7-27-22-19(24-23(28-8-2)21(25-22)17(5)6)16-20(18-14-12-11-13-15-18)31(26,29-9-3)30-10-4/h17,19,21H,7-16H2,1-6H3/t19-,21+/m0/s1. The van der Waals surface area contributed by atoms with Crippen LogP contribution in [0.4, 0.5) is 0 Å². The van der Waals surface area contributed by atoms with Crippen LogP contribution in [0.15, 0.2) is 20.9 Å².